The number of fused-ring (bicyclic) bond motifs is 4. The zero-order valence-corrected chi connectivity index (χ0v) is 28.0. The zero-order chi connectivity index (χ0) is 33.3. The summed E-state index contributed by atoms with van der Waals surface area (Å²) in [6.07, 6.45) is 10.1. The van der Waals surface area contributed by atoms with Crippen LogP contribution in [0.4, 0.5) is 0 Å². The van der Waals surface area contributed by atoms with Crippen LogP contribution in [0.2, 0.25) is 0 Å². The van der Waals surface area contributed by atoms with Gasteiger partial charge >= 0.3 is 5.97 Å². The second-order valence-electron chi connectivity index (χ2n) is 15.6. The van der Waals surface area contributed by atoms with Crippen molar-refractivity contribution in [3.8, 4) is 17.2 Å². The smallest absolute Gasteiger partial charge is 0.330 e. The summed E-state index contributed by atoms with van der Waals surface area (Å²) in [6.45, 7) is 15.6. The van der Waals surface area contributed by atoms with Crippen LogP contribution in [0.5, 0.6) is 17.2 Å². The van der Waals surface area contributed by atoms with Gasteiger partial charge in [0.25, 0.3) is 0 Å². The fourth-order valence-corrected chi connectivity index (χ4v) is 9.49. The Labute approximate surface area is 270 Å². The Morgan fingerprint density at radius 2 is 1.74 bits per heavy atom. The van der Waals surface area contributed by atoms with Gasteiger partial charge in [0, 0.05) is 52.4 Å². The van der Waals surface area contributed by atoms with Crippen molar-refractivity contribution in [2.45, 2.75) is 116 Å². The van der Waals surface area contributed by atoms with Crippen LogP contribution in [-0.2, 0) is 20.7 Å². The number of Topliss-reactive ketones (excluding diaryl/α,β-unsaturated/α-hetero) is 2. The minimum Gasteiger partial charge on any atom is -0.507 e. The van der Waals surface area contributed by atoms with Gasteiger partial charge in [-0.05, 0) is 81.1 Å². The van der Waals surface area contributed by atoms with Gasteiger partial charge in [0.2, 0.25) is 0 Å². The fourth-order valence-electron chi connectivity index (χ4n) is 9.49. The molecule has 0 amide bonds. The summed E-state index contributed by atoms with van der Waals surface area (Å²) >= 11 is 0. The van der Waals surface area contributed by atoms with Gasteiger partial charge in [-0.3, -0.25) is 9.59 Å². The van der Waals surface area contributed by atoms with E-state index in [2.05, 4.69) is 32.9 Å². The summed E-state index contributed by atoms with van der Waals surface area (Å²) in [4.78, 5) is 41.1. The van der Waals surface area contributed by atoms with Gasteiger partial charge in [-0.1, -0.05) is 35.5 Å². The molecule has 0 aromatic heterocycles. The molecule has 2 fully saturated rings. The van der Waals surface area contributed by atoms with Gasteiger partial charge in [0.1, 0.15) is 28.4 Å². The van der Waals surface area contributed by atoms with Crippen molar-refractivity contribution in [1.29, 1.82) is 0 Å². The first-order valence-electron chi connectivity index (χ1n) is 16.5. The molecule has 8 rings (SSSR count). The summed E-state index contributed by atoms with van der Waals surface area (Å²) in [6, 6.07) is 0. The molecule has 46 heavy (non-hydrogen) atoms. The number of benzene rings is 1. The summed E-state index contributed by atoms with van der Waals surface area (Å²) in [7, 11) is 0. The number of carboxylic acid groups (broad SMARTS) is 1. The number of carbonyl (C=O) groups excluding carboxylic acids is 2. The molecule has 7 aliphatic rings. The zero-order valence-electron chi connectivity index (χ0n) is 28.0. The van der Waals surface area contributed by atoms with Gasteiger partial charge in [0.15, 0.2) is 22.8 Å². The molecule has 1 spiro atoms. The lowest BCUT2D eigenvalue weighted by molar-refractivity contribution is -0.171. The Kier molecular flexibility index (Phi) is 6.53. The van der Waals surface area contributed by atoms with Crippen LogP contribution in [0.25, 0.3) is 0 Å². The van der Waals surface area contributed by atoms with Gasteiger partial charge in [-0.2, -0.15) is 0 Å². The Hall–Kier alpha value is -3.65. The van der Waals surface area contributed by atoms with E-state index in [1.54, 1.807) is 6.08 Å². The van der Waals surface area contributed by atoms with E-state index in [1.807, 2.05) is 27.7 Å². The number of carboxylic acids is 1. The topological polar surface area (TPSA) is 119 Å². The number of hydrogen-bond donors (Lipinski definition) is 2. The van der Waals surface area contributed by atoms with Crippen LogP contribution >= 0.6 is 0 Å². The molecule has 3 heterocycles. The number of hydrogen-bond acceptors (Lipinski definition) is 7. The molecule has 3 aliphatic heterocycles. The average Bonchev–Trinajstić information content (AvgIpc) is 3.11. The van der Waals surface area contributed by atoms with E-state index in [4.69, 9.17) is 14.2 Å². The number of ketones is 2. The summed E-state index contributed by atoms with van der Waals surface area (Å²) in [5.74, 6) is -2.04. The van der Waals surface area contributed by atoms with Crippen LogP contribution in [0.3, 0.4) is 0 Å². The second kappa shape index (κ2) is 9.69. The quantitative estimate of drug-likeness (QED) is 0.266. The number of aromatic hydroxyl groups is 1. The maximum Gasteiger partial charge on any atom is 0.330 e. The molecule has 8 heteroatoms. The molecule has 244 valence electrons. The molecule has 2 N–H and O–H groups in total. The standard InChI is InChI=1S/C38H44O8/c1-18(2)9-11-22-31-27(23-15-19(3)10-12-24(23)35(5,6)44-31)30(40)28-29(39)25-16-21-17-26-36(7,8)46-37(33(21)41,14-13-20(4)34(42)43)38(25,26)45-32(22)28/h9,13,15-16,21,23-24,26,40H,10-12,14,17H2,1-8H3,(H,42,43)/b20-13-/t21-,23?,24?,26+,37+,38-/m1/s1. The maximum atomic E-state index is 15.0. The molecule has 1 aromatic carbocycles. The third-order valence-corrected chi connectivity index (χ3v) is 11.7. The highest BCUT2D eigenvalue weighted by atomic mass is 16.6. The van der Waals surface area contributed by atoms with Gasteiger partial charge in [-0.15, -0.1) is 0 Å². The normalized spacial score (nSPS) is 34.2. The highest BCUT2D eigenvalue weighted by Crippen LogP contribution is 2.69. The summed E-state index contributed by atoms with van der Waals surface area (Å²) in [5, 5.41) is 21.8. The van der Waals surface area contributed by atoms with Crippen molar-refractivity contribution < 1.29 is 38.8 Å². The van der Waals surface area contributed by atoms with E-state index in [0.717, 1.165) is 18.4 Å². The molecule has 1 aromatic rings. The molecular formula is C38H44O8. The lowest BCUT2D eigenvalue weighted by Gasteiger charge is -2.56. The summed E-state index contributed by atoms with van der Waals surface area (Å²) < 4.78 is 20.8. The van der Waals surface area contributed by atoms with Crippen LogP contribution in [0.1, 0.15) is 108 Å². The Morgan fingerprint density at radius 3 is 2.41 bits per heavy atom. The minimum absolute atomic E-state index is 0.0576. The van der Waals surface area contributed by atoms with Gasteiger partial charge in [0.05, 0.1) is 5.60 Å². The van der Waals surface area contributed by atoms with E-state index in [9.17, 15) is 24.6 Å². The lowest BCUT2D eigenvalue weighted by atomic mass is 9.51. The molecule has 1 saturated carbocycles. The average molecular weight is 629 g/mol. The van der Waals surface area contributed by atoms with E-state index >= 15 is 0 Å². The number of rotatable bonds is 5. The molecule has 8 nitrogen and oxygen atoms in total. The SMILES string of the molecule is CC(C)=CCc1c2c(c(O)c3c1OC(C)(C)C1CCC(C)=CC31)C(=O)C1=C[C@@H]3C[C@H]4C(C)(C)O[C@@](C/C=C(/C)C(=O)O)(C3=O)[C@@]14O2. The van der Waals surface area contributed by atoms with Crippen LogP contribution in [-0.4, -0.2) is 50.2 Å². The van der Waals surface area contributed by atoms with Crippen molar-refractivity contribution in [1.82, 2.24) is 0 Å². The first kappa shape index (κ1) is 31.0. The second-order valence-corrected chi connectivity index (χ2v) is 15.6. The number of phenols is 1. The molecule has 6 atom stereocenters. The van der Waals surface area contributed by atoms with E-state index in [0.29, 0.717) is 35.3 Å². The van der Waals surface area contributed by atoms with Crippen LogP contribution in [0, 0.1) is 17.8 Å². The van der Waals surface area contributed by atoms with Crippen molar-refractivity contribution in [3.05, 3.63) is 63.3 Å². The number of aliphatic carboxylic acids is 1. The van der Waals surface area contributed by atoms with E-state index in [-0.39, 0.29) is 58.4 Å². The van der Waals surface area contributed by atoms with E-state index in [1.165, 1.54) is 18.6 Å². The van der Waals surface area contributed by atoms with E-state index < -0.39 is 34.3 Å². The lowest BCUT2D eigenvalue weighted by Crippen LogP contribution is -2.72. The third kappa shape index (κ3) is 3.85. The fraction of sp³-hybridized carbons (Fsp3) is 0.553. The Balaban J connectivity index is 1.53. The van der Waals surface area contributed by atoms with Crippen LogP contribution in [0.15, 0.2) is 46.6 Å². The molecular weight excluding hydrogens is 584 g/mol. The maximum absolute atomic E-state index is 15.0. The summed E-state index contributed by atoms with van der Waals surface area (Å²) in [5.41, 5.74) is -0.435. The molecule has 4 aliphatic carbocycles. The van der Waals surface area contributed by atoms with Gasteiger partial charge < -0.3 is 24.4 Å². The predicted molar refractivity (Wildman–Crippen MR) is 171 cm³/mol. The first-order chi connectivity index (χ1) is 21.5. The Morgan fingerprint density at radius 1 is 1.02 bits per heavy atom. The van der Waals surface area contributed by atoms with Gasteiger partial charge in [-0.25, -0.2) is 4.79 Å². The van der Waals surface area contributed by atoms with Crippen molar-refractivity contribution in [2.75, 3.05) is 0 Å². The highest BCUT2D eigenvalue weighted by molar-refractivity contribution is 6.18. The molecule has 4 bridgehead atoms. The number of phenolic OH excluding ortho intramolecular Hbond substituents is 1. The number of allylic oxidation sites excluding steroid dienone is 5. The van der Waals surface area contributed by atoms with Crippen molar-refractivity contribution in [3.63, 3.8) is 0 Å². The van der Waals surface area contributed by atoms with Crippen molar-refractivity contribution in [2.24, 2.45) is 17.8 Å². The molecule has 2 unspecified atom stereocenters. The van der Waals surface area contributed by atoms with Crippen molar-refractivity contribution >= 4 is 17.5 Å². The molecule has 1 saturated heterocycles. The number of carbonyl (C=O) groups is 3. The van der Waals surface area contributed by atoms with Crippen LogP contribution < -0.4 is 9.47 Å². The monoisotopic (exact) mass is 628 g/mol. The predicted octanol–water partition coefficient (Wildman–Crippen LogP) is 6.94. The highest BCUT2D eigenvalue weighted by Gasteiger charge is 2.81. The Bertz CT molecular complexity index is 1750. The first-order valence-corrected chi connectivity index (χ1v) is 16.5. The third-order valence-electron chi connectivity index (χ3n) is 11.7. The minimum atomic E-state index is -1.62. The largest absolute Gasteiger partial charge is 0.507 e. The number of ether oxygens (including phenoxy) is 3. The molecule has 0 radical (unpaired) electrons.